The van der Waals surface area contributed by atoms with Gasteiger partial charge in [0.1, 0.15) is 5.75 Å². The topological polar surface area (TPSA) is 67.4 Å². The number of carbonyl (C=O) groups is 2. The Labute approximate surface area is 119 Å². The summed E-state index contributed by atoms with van der Waals surface area (Å²) in [5.41, 5.74) is 1.25. The molecule has 0 saturated carbocycles. The molecule has 2 amide bonds. The van der Waals surface area contributed by atoms with Gasteiger partial charge in [0.15, 0.2) is 6.61 Å². The number of halogens is 1. The molecule has 0 unspecified atom stereocenters. The van der Waals surface area contributed by atoms with Crippen molar-refractivity contribution in [2.24, 2.45) is 0 Å². The number of benzene rings is 1. The lowest BCUT2D eigenvalue weighted by atomic mass is 10.2. The maximum Gasteiger partial charge on any atom is 0.262 e. The van der Waals surface area contributed by atoms with Crippen molar-refractivity contribution in [1.29, 1.82) is 0 Å². The monoisotopic (exact) mass is 326 g/mol. The zero-order valence-electron chi connectivity index (χ0n) is 10.4. The molecule has 0 aliphatic carbocycles. The molecule has 2 N–H and O–H groups in total. The van der Waals surface area contributed by atoms with Gasteiger partial charge < -0.3 is 15.4 Å². The standard InChI is InChI=1S/C13H15BrN2O3/c14-6-2-1-3-12(17)15-9-4-5-11-10(7-9)16-13(18)8-19-11/h4-5,7H,1-3,6,8H2,(H,15,17)(H,16,18). The maximum absolute atomic E-state index is 11.7. The van der Waals surface area contributed by atoms with Gasteiger partial charge in [0, 0.05) is 17.4 Å². The van der Waals surface area contributed by atoms with Gasteiger partial charge in [-0.05, 0) is 31.0 Å². The highest BCUT2D eigenvalue weighted by molar-refractivity contribution is 9.09. The Kier molecular flexibility index (Phi) is 4.79. The molecular formula is C13H15BrN2O3. The summed E-state index contributed by atoms with van der Waals surface area (Å²) >= 11 is 3.33. The fourth-order valence-electron chi connectivity index (χ4n) is 1.76. The molecule has 1 heterocycles. The highest BCUT2D eigenvalue weighted by atomic mass is 79.9. The molecule has 0 spiro atoms. The van der Waals surface area contributed by atoms with Crippen LogP contribution < -0.4 is 15.4 Å². The number of unbranched alkanes of at least 4 members (excludes halogenated alkanes) is 1. The van der Waals surface area contributed by atoms with E-state index < -0.39 is 0 Å². The van der Waals surface area contributed by atoms with Crippen molar-refractivity contribution in [3.05, 3.63) is 18.2 Å². The second-order valence-electron chi connectivity index (χ2n) is 4.24. The third-order valence-corrected chi connectivity index (χ3v) is 3.24. The molecule has 0 bridgehead atoms. The molecule has 6 heteroatoms. The second kappa shape index (κ2) is 6.56. The number of amides is 2. The van der Waals surface area contributed by atoms with Crippen LogP contribution in [0.5, 0.6) is 5.75 Å². The molecule has 19 heavy (non-hydrogen) atoms. The lowest BCUT2D eigenvalue weighted by molar-refractivity contribution is -0.118. The number of alkyl halides is 1. The van der Waals surface area contributed by atoms with Crippen molar-refractivity contribution < 1.29 is 14.3 Å². The number of hydrogen-bond donors (Lipinski definition) is 2. The van der Waals surface area contributed by atoms with E-state index in [1.54, 1.807) is 18.2 Å². The van der Waals surface area contributed by atoms with Gasteiger partial charge in [0.2, 0.25) is 5.91 Å². The van der Waals surface area contributed by atoms with E-state index in [2.05, 4.69) is 26.6 Å². The first-order valence-electron chi connectivity index (χ1n) is 6.11. The SMILES string of the molecule is O=C(CCCCBr)Nc1ccc2c(c1)NC(=O)CO2. The van der Waals surface area contributed by atoms with E-state index in [1.807, 2.05) is 0 Å². The molecule has 1 aliphatic heterocycles. The van der Waals surface area contributed by atoms with Crippen molar-refractivity contribution in [2.75, 3.05) is 22.6 Å². The fraction of sp³-hybridized carbons (Fsp3) is 0.385. The zero-order valence-corrected chi connectivity index (χ0v) is 12.0. The van der Waals surface area contributed by atoms with E-state index in [0.717, 1.165) is 18.2 Å². The smallest absolute Gasteiger partial charge is 0.262 e. The third-order valence-electron chi connectivity index (χ3n) is 2.68. The Hall–Kier alpha value is -1.56. The number of anilines is 2. The van der Waals surface area contributed by atoms with Gasteiger partial charge in [-0.2, -0.15) is 0 Å². The van der Waals surface area contributed by atoms with Crippen molar-refractivity contribution in [3.63, 3.8) is 0 Å². The zero-order chi connectivity index (χ0) is 13.7. The first-order chi connectivity index (χ1) is 9.19. The predicted molar refractivity (Wildman–Crippen MR) is 76.8 cm³/mol. The summed E-state index contributed by atoms with van der Waals surface area (Å²) < 4.78 is 5.25. The molecule has 0 saturated heterocycles. The highest BCUT2D eigenvalue weighted by Crippen LogP contribution is 2.30. The highest BCUT2D eigenvalue weighted by Gasteiger charge is 2.16. The van der Waals surface area contributed by atoms with E-state index >= 15 is 0 Å². The van der Waals surface area contributed by atoms with E-state index in [9.17, 15) is 9.59 Å². The number of ether oxygens (including phenoxy) is 1. The summed E-state index contributed by atoms with van der Waals surface area (Å²) in [7, 11) is 0. The van der Waals surface area contributed by atoms with Crippen LogP contribution in [0.1, 0.15) is 19.3 Å². The number of fused-ring (bicyclic) bond motifs is 1. The third kappa shape index (κ3) is 3.96. The summed E-state index contributed by atoms with van der Waals surface area (Å²) in [6.45, 7) is 0.0330. The maximum atomic E-state index is 11.7. The van der Waals surface area contributed by atoms with Gasteiger partial charge in [-0.25, -0.2) is 0 Å². The Bertz CT molecular complexity index is 491. The average Bonchev–Trinajstić information content (AvgIpc) is 2.38. The Morgan fingerprint density at radius 2 is 2.26 bits per heavy atom. The van der Waals surface area contributed by atoms with Gasteiger partial charge >= 0.3 is 0 Å². The van der Waals surface area contributed by atoms with Crippen molar-refractivity contribution in [2.45, 2.75) is 19.3 Å². The van der Waals surface area contributed by atoms with Crippen molar-refractivity contribution in [3.8, 4) is 5.75 Å². The largest absolute Gasteiger partial charge is 0.482 e. The molecule has 0 aromatic heterocycles. The Morgan fingerprint density at radius 3 is 3.05 bits per heavy atom. The lowest BCUT2D eigenvalue weighted by Crippen LogP contribution is -2.25. The summed E-state index contributed by atoms with van der Waals surface area (Å²) in [6, 6.07) is 5.20. The van der Waals surface area contributed by atoms with Gasteiger partial charge in [-0.3, -0.25) is 9.59 Å². The molecule has 0 radical (unpaired) electrons. The first kappa shape index (κ1) is 13.9. The first-order valence-corrected chi connectivity index (χ1v) is 7.23. The molecule has 102 valence electrons. The van der Waals surface area contributed by atoms with Crippen LogP contribution in [0, 0.1) is 0 Å². The van der Waals surface area contributed by atoms with Crippen LogP contribution in [0.4, 0.5) is 11.4 Å². The molecule has 0 fully saturated rings. The summed E-state index contributed by atoms with van der Waals surface area (Å²) in [6.07, 6.45) is 2.31. The van der Waals surface area contributed by atoms with Crippen LogP contribution in [0.2, 0.25) is 0 Å². The normalized spacial score (nSPS) is 13.2. The summed E-state index contributed by atoms with van der Waals surface area (Å²) in [5.74, 6) is 0.411. The molecule has 2 rings (SSSR count). The quantitative estimate of drug-likeness (QED) is 0.645. The van der Waals surface area contributed by atoms with E-state index in [1.165, 1.54) is 0 Å². The second-order valence-corrected chi connectivity index (χ2v) is 5.04. The van der Waals surface area contributed by atoms with Gasteiger partial charge in [-0.1, -0.05) is 15.9 Å². The van der Waals surface area contributed by atoms with Crippen LogP contribution in [-0.4, -0.2) is 23.8 Å². The molecule has 1 aliphatic rings. The minimum absolute atomic E-state index is 0.0241. The molecule has 1 aromatic carbocycles. The Balaban J connectivity index is 1.96. The minimum atomic E-state index is -0.187. The van der Waals surface area contributed by atoms with Crippen LogP contribution in [-0.2, 0) is 9.59 Å². The van der Waals surface area contributed by atoms with Crippen LogP contribution in [0.15, 0.2) is 18.2 Å². The van der Waals surface area contributed by atoms with Crippen molar-refractivity contribution >= 4 is 39.1 Å². The molecular weight excluding hydrogens is 312 g/mol. The van der Waals surface area contributed by atoms with Gasteiger partial charge in [-0.15, -0.1) is 0 Å². The molecule has 0 atom stereocenters. The van der Waals surface area contributed by atoms with Gasteiger partial charge in [0.25, 0.3) is 5.91 Å². The number of carbonyl (C=O) groups excluding carboxylic acids is 2. The average molecular weight is 327 g/mol. The fourth-order valence-corrected chi connectivity index (χ4v) is 2.16. The minimum Gasteiger partial charge on any atom is -0.482 e. The van der Waals surface area contributed by atoms with Crippen LogP contribution in [0.25, 0.3) is 0 Å². The predicted octanol–water partition coefficient (Wildman–Crippen LogP) is 2.52. The molecule has 1 aromatic rings. The summed E-state index contributed by atoms with van der Waals surface area (Å²) in [5, 5.41) is 6.41. The molecule has 5 nitrogen and oxygen atoms in total. The van der Waals surface area contributed by atoms with E-state index in [-0.39, 0.29) is 18.4 Å². The number of rotatable bonds is 5. The van der Waals surface area contributed by atoms with Crippen molar-refractivity contribution in [1.82, 2.24) is 0 Å². The van der Waals surface area contributed by atoms with Crippen LogP contribution >= 0.6 is 15.9 Å². The summed E-state index contributed by atoms with van der Waals surface area (Å²) in [4.78, 5) is 22.9. The van der Waals surface area contributed by atoms with E-state index in [0.29, 0.717) is 23.5 Å². The van der Waals surface area contributed by atoms with Crippen LogP contribution in [0.3, 0.4) is 0 Å². The lowest BCUT2D eigenvalue weighted by Gasteiger charge is -2.18. The number of hydrogen-bond acceptors (Lipinski definition) is 3. The van der Waals surface area contributed by atoms with Gasteiger partial charge in [0.05, 0.1) is 5.69 Å². The number of nitrogens with one attached hydrogen (secondary N) is 2. The Morgan fingerprint density at radius 1 is 1.42 bits per heavy atom. The van der Waals surface area contributed by atoms with E-state index in [4.69, 9.17) is 4.74 Å².